The maximum absolute atomic E-state index is 12.2. The molecule has 4 heterocycles. The number of pyridine rings is 1. The van der Waals surface area contributed by atoms with E-state index in [4.69, 9.17) is 0 Å². The molecule has 8 nitrogen and oxygen atoms in total. The largest absolute Gasteiger partial charge is 0.300 e. The molecule has 0 atom stereocenters. The Morgan fingerprint density at radius 1 is 1.31 bits per heavy atom. The van der Waals surface area contributed by atoms with Gasteiger partial charge in [0.15, 0.2) is 10.1 Å². The molecule has 1 N–H and O–H groups in total. The van der Waals surface area contributed by atoms with E-state index in [1.807, 2.05) is 18.2 Å². The second-order valence-electron chi connectivity index (χ2n) is 5.62. The van der Waals surface area contributed by atoms with Crippen molar-refractivity contribution in [2.75, 3.05) is 16.8 Å². The molecule has 3 aromatic rings. The van der Waals surface area contributed by atoms with E-state index in [2.05, 4.69) is 25.5 Å². The maximum Gasteiger partial charge on any atom is 0.232 e. The molecule has 0 aliphatic carbocycles. The molecule has 4 rings (SSSR count). The highest BCUT2D eigenvalue weighted by Crippen LogP contribution is 2.26. The highest BCUT2D eigenvalue weighted by atomic mass is 32.1. The third-order valence-electron chi connectivity index (χ3n) is 3.74. The van der Waals surface area contributed by atoms with Crippen LogP contribution in [-0.4, -0.2) is 38.5 Å². The van der Waals surface area contributed by atoms with Gasteiger partial charge in [-0.25, -0.2) is 4.98 Å². The van der Waals surface area contributed by atoms with E-state index in [0.717, 1.165) is 6.42 Å². The van der Waals surface area contributed by atoms with Crippen molar-refractivity contribution < 1.29 is 9.59 Å². The molecule has 10 heteroatoms. The molecule has 0 radical (unpaired) electrons. The van der Waals surface area contributed by atoms with Gasteiger partial charge in [-0.3, -0.25) is 19.5 Å². The Morgan fingerprint density at radius 3 is 3.00 bits per heavy atom. The molecule has 2 amide bonds. The second kappa shape index (κ2) is 7.26. The molecule has 1 aliphatic heterocycles. The molecular weight excluding hydrogens is 372 g/mol. The van der Waals surface area contributed by atoms with Gasteiger partial charge in [-0.15, -0.1) is 21.5 Å². The number of nitrogens with one attached hydrogen (secondary N) is 1. The number of thiazole rings is 1. The monoisotopic (exact) mass is 386 g/mol. The lowest BCUT2D eigenvalue weighted by molar-refractivity contribution is -0.117. The van der Waals surface area contributed by atoms with Crippen molar-refractivity contribution in [3.05, 3.63) is 35.5 Å². The van der Waals surface area contributed by atoms with Crippen LogP contribution in [-0.2, 0) is 16.0 Å². The van der Waals surface area contributed by atoms with Gasteiger partial charge >= 0.3 is 0 Å². The second-order valence-corrected chi connectivity index (χ2v) is 7.44. The predicted octanol–water partition coefficient (Wildman–Crippen LogP) is 2.36. The minimum Gasteiger partial charge on any atom is -0.300 e. The number of hydrogen-bond donors (Lipinski definition) is 1. The summed E-state index contributed by atoms with van der Waals surface area (Å²) in [5.74, 6) is -0.135. The fourth-order valence-electron chi connectivity index (χ4n) is 2.55. The van der Waals surface area contributed by atoms with Crippen molar-refractivity contribution in [2.24, 2.45) is 0 Å². The number of aromatic nitrogens is 4. The van der Waals surface area contributed by atoms with E-state index in [-0.39, 0.29) is 18.2 Å². The van der Waals surface area contributed by atoms with E-state index >= 15 is 0 Å². The van der Waals surface area contributed by atoms with Crippen LogP contribution in [0.25, 0.3) is 10.7 Å². The van der Waals surface area contributed by atoms with Gasteiger partial charge in [0, 0.05) is 24.5 Å². The first kappa shape index (κ1) is 16.7. The maximum atomic E-state index is 12.2. The lowest BCUT2D eigenvalue weighted by atomic mass is 10.3. The van der Waals surface area contributed by atoms with Crippen LogP contribution in [0.5, 0.6) is 0 Å². The van der Waals surface area contributed by atoms with Crippen LogP contribution >= 0.6 is 22.7 Å². The van der Waals surface area contributed by atoms with Gasteiger partial charge in [0.05, 0.1) is 12.1 Å². The SMILES string of the molecule is O=C(Cc1csc(N2CCCC2=O)n1)Nc1nnc(-c2ccccn2)s1. The summed E-state index contributed by atoms with van der Waals surface area (Å²) in [5.41, 5.74) is 1.35. The number of nitrogens with zero attached hydrogens (tertiary/aromatic N) is 5. The molecule has 0 spiro atoms. The first-order chi connectivity index (χ1) is 12.7. The van der Waals surface area contributed by atoms with Crippen LogP contribution in [0, 0.1) is 0 Å². The highest BCUT2D eigenvalue weighted by molar-refractivity contribution is 7.18. The van der Waals surface area contributed by atoms with E-state index < -0.39 is 0 Å². The standard InChI is InChI=1S/C16H14N6O2S2/c23-12(8-10-9-25-16(18-10)22-7-3-5-13(22)24)19-15-21-20-14(26-15)11-4-1-2-6-17-11/h1-2,4,6,9H,3,5,7-8H2,(H,19,21,23). The molecule has 0 bridgehead atoms. The topological polar surface area (TPSA) is 101 Å². The fourth-order valence-corrected chi connectivity index (χ4v) is 4.15. The van der Waals surface area contributed by atoms with Crippen LogP contribution in [0.3, 0.4) is 0 Å². The number of amides is 2. The summed E-state index contributed by atoms with van der Waals surface area (Å²) in [4.78, 5) is 34.3. The van der Waals surface area contributed by atoms with Gasteiger partial charge in [0.2, 0.25) is 16.9 Å². The van der Waals surface area contributed by atoms with Crippen molar-refractivity contribution in [1.82, 2.24) is 20.2 Å². The minimum atomic E-state index is -0.224. The Hall–Kier alpha value is -2.72. The number of carbonyl (C=O) groups is 2. The summed E-state index contributed by atoms with van der Waals surface area (Å²) >= 11 is 2.64. The molecule has 132 valence electrons. The third-order valence-corrected chi connectivity index (χ3v) is 5.51. The molecule has 0 aromatic carbocycles. The number of anilines is 2. The zero-order valence-electron chi connectivity index (χ0n) is 13.6. The lowest BCUT2D eigenvalue weighted by Crippen LogP contribution is -2.23. The van der Waals surface area contributed by atoms with Gasteiger partial charge in [-0.2, -0.15) is 0 Å². The van der Waals surface area contributed by atoms with Gasteiger partial charge in [0.1, 0.15) is 5.69 Å². The number of hydrogen-bond acceptors (Lipinski definition) is 8. The molecule has 0 saturated carbocycles. The Balaban J connectivity index is 1.38. The predicted molar refractivity (Wildman–Crippen MR) is 99.2 cm³/mol. The highest BCUT2D eigenvalue weighted by Gasteiger charge is 2.24. The molecular formula is C16H14N6O2S2. The van der Waals surface area contributed by atoms with Crippen molar-refractivity contribution in [3.63, 3.8) is 0 Å². The van der Waals surface area contributed by atoms with Crippen LogP contribution in [0.2, 0.25) is 0 Å². The van der Waals surface area contributed by atoms with Gasteiger partial charge in [0.25, 0.3) is 0 Å². The first-order valence-electron chi connectivity index (χ1n) is 7.98. The summed E-state index contributed by atoms with van der Waals surface area (Å²) in [6, 6.07) is 5.53. The summed E-state index contributed by atoms with van der Waals surface area (Å²) < 4.78 is 0. The normalized spacial score (nSPS) is 14.0. The Labute approximate surface area is 156 Å². The minimum absolute atomic E-state index is 0.0891. The van der Waals surface area contributed by atoms with Gasteiger partial charge < -0.3 is 5.32 Å². The van der Waals surface area contributed by atoms with Gasteiger partial charge in [-0.1, -0.05) is 17.4 Å². The van der Waals surface area contributed by atoms with Crippen LogP contribution in [0.1, 0.15) is 18.5 Å². The van der Waals surface area contributed by atoms with E-state index in [9.17, 15) is 9.59 Å². The zero-order valence-corrected chi connectivity index (χ0v) is 15.2. The molecule has 3 aromatic heterocycles. The number of carbonyl (C=O) groups excluding carboxylic acids is 2. The first-order valence-corrected chi connectivity index (χ1v) is 9.68. The van der Waals surface area contributed by atoms with E-state index in [0.29, 0.717) is 39.6 Å². The quantitative estimate of drug-likeness (QED) is 0.722. The van der Waals surface area contributed by atoms with Crippen molar-refractivity contribution >= 4 is 44.8 Å². The average molecular weight is 386 g/mol. The summed E-state index contributed by atoms with van der Waals surface area (Å²) in [5, 5.41) is 14.3. The van der Waals surface area contributed by atoms with Gasteiger partial charge in [-0.05, 0) is 18.6 Å². The fraction of sp³-hybridized carbons (Fsp3) is 0.250. The number of rotatable bonds is 5. The van der Waals surface area contributed by atoms with Crippen molar-refractivity contribution in [2.45, 2.75) is 19.3 Å². The molecule has 0 unspecified atom stereocenters. The van der Waals surface area contributed by atoms with Crippen LogP contribution < -0.4 is 10.2 Å². The molecule has 26 heavy (non-hydrogen) atoms. The van der Waals surface area contributed by atoms with E-state index in [1.54, 1.807) is 16.5 Å². The van der Waals surface area contributed by atoms with Crippen LogP contribution in [0.4, 0.5) is 10.3 Å². The van der Waals surface area contributed by atoms with E-state index in [1.165, 1.54) is 22.7 Å². The smallest absolute Gasteiger partial charge is 0.232 e. The lowest BCUT2D eigenvalue weighted by Gasteiger charge is -2.10. The van der Waals surface area contributed by atoms with Crippen LogP contribution in [0.15, 0.2) is 29.8 Å². The molecule has 1 fully saturated rings. The Bertz CT molecular complexity index is 939. The zero-order chi connectivity index (χ0) is 17.9. The van der Waals surface area contributed by atoms with Crippen molar-refractivity contribution in [3.8, 4) is 10.7 Å². The summed E-state index contributed by atoms with van der Waals surface area (Å²) in [7, 11) is 0. The third kappa shape index (κ3) is 3.60. The Kier molecular flexibility index (Phi) is 4.67. The van der Waals surface area contributed by atoms with Crippen molar-refractivity contribution in [1.29, 1.82) is 0 Å². The summed E-state index contributed by atoms with van der Waals surface area (Å²) in [6.45, 7) is 0.694. The average Bonchev–Trinajstić information content (AvgIpc) is 3.37. The molecule has 1 saturated heterocycles. The summed E-state index contributed by atoms with van der Waals surface area (Å²) in [6.07, 6.45) is 3.21. The molecule has 1 aliphatic rings. The Morgan fingerprint density at radius 2 is 2.23 bits per heavy atom.